The van der Waals surface area contributed by atoms with E-state index in [2.05, 4.69) is 53.5 Å². The van der Waals surface area contributed by atoms with Gasteiger partial charge in [-0.1, -0.05) is 44.5 Å². The van der Waals surface area contributed by atoms with Crippen LogP contribution in [-0.2, 0) is 5.41 Å². The number of nitrogens with one attached hydrogen (secondary N) is 2. The predicted octanol–water partition coefficient (Wildman–Crippen LogP) is 5.92. The topological polar surface area (TPSA) is 59.1 Å². The lowest BCUT2D eigenvalue weighted by Gasteiger charge is -2.19. The van der Waals surface area contributed by atoms with Crippen LogP contribution in [0.15, 0.2) is 54.7 Å². The van der Waals surface area contributed by atoms with Crippen LogP contribution in [0.1, 0.15) is 26.3 Å². The van der Waals surface area contributed by atoms with Crippen molar-refractivity contribution in [2.24, 2.45) is 0 Å². The third-order valence-corrected chi connectivity index (χ3v) is 4.32. The fourth-order valence-corrected chi connectivity index (χ4v) is 2.76. The van der Waals surface area contributed by atoms with Crippen molar-refractivity contribution in [1.82, 2.24) is 9.97 Å². The van der Waals surface area contributed by atoms with Crippen molar-refractivity contribution in [3.05, 3.63) is 65.3 Å². The number of hydrogen-bond donors (Lipinski definition) is 2. The number of anilines is 4. The maximum absolute atomic E-state index is 6.08. The summed E-state index contributed by atoms with van der Waals surface area (Å²) in [7, 11) is 1.61. The average Bonchev–Trinajstić information content (AvgIpc) is 2.62. The minimum absolute atomic E-state index is 0.120. The van der Waals surface area contributed by atoms with Gasteiger partial charge in [-0.25, -0.2) is 4.98 Å². The lowest BCUT2D eigenvalue weighted by molar-refractivity contribution is 0.417. The number of nitrogens with zero attached hydrogens (tertiary/aromatic N) is 2. The first-order valence-electron chi connectivity index (χ1n) is 8.66. The van der Waals surface area contributed by atoms with Gasteiger partial charge in [-0.15, -0.1) is 0 Å². The number of ether oxygens (including phenoxy) is 1. The maximum atomic E-state index is 6.08. The zero-order chi connectivity index (χ0) is 19.4. The van der Waals surface area contributed by atoms with E-state index in [-0.39, 0.29) is 5.41 Å². The van der Waals surface area contributed by atoms with E-state index in [1.54, 1.807) is 31.5 Å². The van der Waals surface area contributed by atoms with Crippen LogP contribution in [0.25, 0.3) is 0 Å². The van der Waals surface area contributed by atoms with E-state index in [9.17, 15) is 0 Å². The van der Waals surface area contributed by atoms with Crippen molar-refractivity contribution < 1.29 is 4.74 Å². The van der Waals surface area contributed by atoms with Crippen LogP contribution in [0, 0.1) is 0 Å². The van der Waals surface area contributed by atoms with Crippen LogP contribution in [0.4, 0.5) is 23.1 Å². The lowest BCUT2D eigenvalue weighted by Crippen LogP contribution is -2.10. The van der Waals surface area contributed by atoms with Crippen molar-refractivity contribution >= 4 is 34.7 Å². The van der Waals surface area contributed by atoms with E-state index in [1.807, 2.05) is 18.2 Å². The highest BCUT2D eigenvalue weighted by Crippen LogP contribution is 2.30. The summed E-state index contributed by atoms with van der Waals surface area (Å²) >= 11 is 6.08. The molecule has 0 aliphatic carbocycles. The molecule has 0 bridgehead atoms. The highest BCUT2D eigenvalue weighted by molar-refractivity contribution is 6.31. The second-order valence-corrected chi connectivity index (χ2v) is 7.62. The molecule has 27 heavy (non-hydrogen) atoms. The van der Waals surface area contributed by atoms with Crippen molar-refractivity contribution in [1.29, 1.82) is 0 Å². The Morgan fingerprint density at radius 1 is 0.963 bits per heavy atom. The molecule has 0 atom stereocenters. The van der Waals surface area contributed by atoms with Gasteiger partial charge in [0.1, 0.15) is 11.6 Å². The summed E-state index contributed by atoms with van der Waals surface area (Å²) in [5, 5.41) is 7.06. The molecule has 1 heterocycles. The Hall–Kier alpha value is -2.79. The third kappa shape index (κ3) is 4.89. The minimum atomic E-state index is 0.120. The maximum Gasteiger partial charge on any atom is 0.229 e. The molecule has 0 fully saturated rings. The van der Waals surface area contributed by atoms with E-state index in [4.69, 9.17) is 16.3 Å². The molecule has 0 saturated carbocycles. The summed E-state index contributed by atoms with van der Waals surface area (Å²) in [5.41, 5.74) is 3.07. The van der Waals surface area contributed by atoms with E-state index >= 15 is 0 Å². The lowest BCUT2D eigenvalue weighted by atomic mass is 9.87. The number of rotatable bonds is 5. The molecular weight excluding hydrogens is 360 g/mol. The Labute approximate surface area is 164 Å². The zero-order valence-corrected chi connectivity index (χ0v) is 16.6. The molecule has 0 aliphatic rings. The van der Waals surface area contributed by atoms with Gasteiger partial charge >= 0.3 is 0 Å². The molecule has 0 radical (unpaired) electrons. The van der Waals surface area contributed by atoms with Crippen LogP contribution in [0.3, 0.4) is 0 Å². The van der Waals surface area contributed by atoms with Crippen LogP contribution >= 0.6 is 11.6 Å². The largest absolute Gasteiger partial charge is 0.495 e. The standard InChI is InChI=1S/C21H23ClN4O/c1-21(2,3)14-5-8-16(9-6-14)24-20-23-12-11-19(26-20)25-17-13-15(22)7-10-18(17)27-4/h5-13H,1-4H3,(H2,23,24,25,26). The van der Waals surface area contributed by atoms with Gasteiger partial charge in [0.05, 0.1) is 12.8 Å². The number of aromatic nitrogens is 2. The van der Waals surface area contributed by atoms with Crippen molar-refractivity contribution in [3.8, 4) is 5.75 Å². The molecule has 0 saturated heterocycles. The van der Waals surface area contributed by atoms with E-state index < -0.39 is 0 Å². The number of methoxy groups -OCH3 is 1. The molecule has 6 heteroatoms. The quantitative estimate of drug-likeness (QED) is 0.573. The Bertz CT molecular complexity index is 920. The normalized spacial score (nSPS) is 11.1. The molecular formula is C21H23ClN4O. The molecule has 3 aromatic rings. The molecule has 0 unspecified atom stereocenters. The molecule has 1 aromatic heterocycles. The van der Waals surface area contributed by atoms with Crippen molar-refractivity contribution in [2.75, 3.05) is 17.7 Å². The number of hydrogen-bond acceptors (Lipinski definition) is 5. The second-order valence-electron chi connectivity index (χ2n) is 7.19. The molecule has 3 rings (SSSR count). The van der Waals surface area contributed by atoms with Crippen LogP contribution in [-0.4, -0.2) is 17.1 Å². The monoisotopic (exact) mass is 382 g/mol. The fraction of sp³-hybridized carbons (Fsp3) is 0.238. The second kappa shape index (κ2) is 7.84. The first kappa shape index (κ1) is 19.0. The third-order valence-electron chi connectivity index (χ3n) is 4.09. The van der Waals surface area contributed by atoms with Crippen LogP contribution in [0.2, 0.25) is 5.02 Å². The summed E-state index contributed by atoms with van der Waals surface area (Å²) in [6.45, 7) is 6.58. The van der Waals surface area contributed by atoms with Gasteiger partial charge in [0.2, 0.25) is 5.95 Å². The molecule has 0 spiro atoms. The van der Waals surface area contributed by atoms with Gasteiger partial charge in [-0.05, 0) is 47.4 Å². The first-order chi connectivity index (χ1) is 12.8. The number of benzene rings is 2. The zero-order valence-electron chi connectivity index (χ0n) is 15.9. The molecule has 0 amide bonds. The molecule has 140 valence electrons. The first-order valence-corrected chi connectivity index (χ1v) is 9.04. The van der Waals surface area contributed by atoms with Gasteiger partial charge in [0.15, 0.2) is 0 Å². The molecule has 5 nitrogen and oxygen atoms in total. The van der Waals surface area contributed by atoms with Gasteiger partial charge < -0.3 is 15.4 Å². The summed E-state index contributed by atoms with van der Waals surface area (Å²) < 4.78 is 5.36. The smallest absolute Gasteiger partial charge is 0.229 e. The van der Waals surface area contributed by atoms with Crippen molar-refractivity contribution in [3.63, 3.8) is 0 Å². The van der Waals surface area contributed by atoms with Gasteiger partial charge in [0, 0.05) is 16.9 Å². The molecule has 0 aliphatic heterocycles. The molecule has 2 aromatic carbocycles. The Kier molecular flexibility index (Phi) is 5.51. The summed E-state index contributed by atoms with van der Waals surface area (Å²) in [6, 6.07) is 15.5. The SMILES string of the molecule is COc1ccc(Cl)cc1Nc1ccnc(Nc2ccc(C(C)(C)C)cc2)n1. The summed E-state index contributed by atoms with van der Waals surface area (Å²) in [4.78, 5) is 8.80. The van der Waals surface area contributed by atoms with Crippen LogP contribution in [0.5, 0.6) is 5.75 Å². The van der Waals surface area contributed by atoms with E-state index in [0.29, 0.717) is 22.5 Å². The Morgan fingerprint density at radius 3 is 2.37 bits per heavy atom. The highest BCUT2D eigenvalue weighted by atomic mass is 35.5. The minimum Gasteiger partial charge on any atom is -0.495 e. The molecule has 2 N–H and O–H groups in total. The van der Waals surface area contributed by atoms with E-state index in [0.717, 1.165) is 11.4 Å². The van der Waals surface area contributed by atoms with Gasteiger partial charge in [-0.3, -0.25) is 0 Å². The Morgan fingerprint density at radius 2 is 1.70 bits per heavy atom. The van der Waals surface area contributed by atoms with Crippen molar-refractivity contribution in [2.45, 2.75) is 26.2 Å². The highest BCUT2D eigenvalue weighted by Gasteiger charge is 2.13. The number of halogens is 1. The predicted molar refractivity (Wildman–Crippen MR) is 112 cm³/mol. The van der Waals surface area contributed by atoms with Gasteiger partial charge in [-0.2, -0.15) is 4.98 Å². The Balaban J connectivity index is 1.77. The average molecular weight is 383 g/mol. The fourth-order valence-electron chi connectivity index (χ4n) is 2.59. The van der Waals surface area contributed by atoms with E-state index in [1.165, 1.54) is 5.56 Å². The van der Waals surface area contributed by atoms with Gasteiger partial charge in [0.25, 0.3) is 0 Å². The summed E-state index contributed by atoms with van der Waals surface area (Å²) in [6.07, 6.45) is 1.69. The summed E-state index contributed by atoms with van der Waals surface area (Å²) in [5.74, 6) is 1.83. The van der Waals surface area contributed by atoms with Crippen LogP contribution < -0.4 is 15.4 Å².